The Kier molecular flexibility index (Phi) is 7.03. The van der Waals surface area contributed by atoms with Gasteiger partial charge in [-0.3, -0.25) is 4.79 Å². The average molecular weight is 505 g/mol. The van der Waals surface area contributed by atoms with Crippen LogP contribution in [0.15, 0.2) is 52.5 Å². The summed E-state index contributed by atoms with van der Waals surface area (Å²) >= 11 is 0. The minimum absolute atomic E-state index is 0.0854. The number of amides is 1. The van der Waals surface area contributed by atoms with Crippen LogP contribution in [0, 0.1) is 5.82 Å². The molecule has 2 aromatic rings. The van der Waals surface area contributed by atoms with E-state index in [2.05, 4.69) is 10.5 Å². The summed E-state index contributed by atoms with van der Waals surface area (Å²) in [4.78, 5) is 29.2. The van der Waals surface area contributed by atoms with Crippen LogP contribution in [0.4, 0.5) is 10.1 Å². The Labute approximate surface area is 202 Å². The summed E-state index contributed by atoms with van der Waals surface area (Å²) in [6, 6.07) is 9.97. The van der Waals surface area contributed by atoms with Crippen LogP contribution >= 0.6 is 0 Å². The van der Waals surface area contributed by atoms with Crippen molar-refractivity contribution in [1.82, 2.24) is 9.62 Å². The second-order valence-electron chi connectivity index (χ2n) is 8.30. The van der Waals surface area contributed by atoms with Crippen LogP contribution in [-0.2, 0) is 19.7 Å². The van der Waals surface area contributed by atoms with Crippen LogP contribution in [0.25, 0.3) is 0 Å². The molecule has 0 radical (unpaired) electrons. The van der Waals surface area contributed by atoms with Crippen LogP contribution in [0.2, 0.25) is 0 Å². The number of sulfonamides is 1. The van der Waals surface area contributed by atoms with Gasteiger partial charge in [0.15, 0.2) is 0 Å². The molecule has 1 amide bonds. The van der Waals surface area contributed by atoms with E-state index in [1.807, 2.05) is 0 Å². The second-order valence-corrected chi connectivity index (χ2v) is 10.2. The molecule has 1 atom stereocenters. The number of carbonyl (C=O) groups is 2. The Morgan fingerprint density at radius 1 is 1.17 bits per heavy atom. The van der Waals surface area contributed by atoms with Crippen molar-refractivity contribution in [3.8, 4) is 0 Å². The SMILES string of the molecule is CC(=O)NCC1CC(c2ccc(N3CCN(S(=O)(=O)c4cccc(C(=O)O)c4)CC3)c(F)c2)=NO1. The van der Waals surface area contributed by atoms with Gasteiger partial charge in [-0.25, -0.2) is 17.6 Å². The Morgan fingerprint density at radius 2 is 1.91 bits per heavy atom. The Bertz CT molecular complexity index is 1270. The number of anilines is 1. The predicted molar refractivity (Wildman–Crippen MR) is 125 cm³/mol. The molecule has 0 spiro atoms. The molecule has 1 saturated heterocycles. The highest BCUT2D eigenvalue weighted by molar-refractivity contribution is 7.89. The number of carboxylic acids is 1. The minimum Gasteiger partial charge on any atom is -0.478 e. The Balaban J connectivity index is 1.39. The summed E-state index contributed by atoms with van der Waals surface area (Å²) in [5.41, 5.74) is 1.42. The number of carboxylic acid groups (broad SMARTS) is 1. The molecule has 186 valence electrons. The maximum Gasteiger partial charge on any atom is 0.335 e. The maximum atomic E-state index is 15.0. The van der Waals surface area contributed by atoms with Crippen molar-refractivity contribution in [3.63, 3.8) is 0 Å². The quantitative estimate of drug-likeness (QED) is 0.587. The fourth-order valence-electron chi connectivity index (χ4n) is 4.02. The van der Waals surface area contributed by atoms with Crippen LogP contribution in [0.3, 0.4) is 0 Å². The summed E-state index contributed by atoms with van der Waals surface area (Å²) in [7, 11) is -3.87. The molecule has 2 aliphatic rings. The number of benzene rings is 2. The molecule has 4 rings (SSSR count). The second kappa shape index (κ2) is 10.0. The minimum atomic E-state index is -3.87. The van der Waals surface area contributed by atoms with E-state index in [9.17, 15) is 22.4 Å². The van der Waals surface area contributed by atoms with E-state index in [4.69, 9.17) is 9.94 Å². The van der Waals surface area contributed by atoms with Gasteiger partial charge in [0.1, 0.15) is 11.9 Å². The summed E-state index contributed by atoms with van der Waals surface area (Å²) in [6.45, 7) is 2.54. The monoisotopic (exact) mass is 504 g/mol. The number of nitrogens with one attached hydrogen (secondary N) is 1. The highest BCUT2D eigenvalue weighted by atomic mass is 32.2. The molecule has 1 fully saturated rings. The number of hydrogen-bond donors (Lipinski definition) is 2. The first-order chi connectivity index (χ1) is 16.6. The van der Waals surface area contributed by atoms with Gasteiger partial charge >= 0.3 is 5.97 Å². The van der Waals surface area contributed by atoms with Gasteiger partial charge in [0.25, 0.3) is 0 Å². The van der Waals surface area contributed by atoms with Crippen LogP contribution in [-0.4, -0.2) is 74.2 Å². The summed E-state index contributed by atoms with van der Waals surface area (Å²) in [5.74, 6) is -1.83. The fraction of sp³-hybridized carbons (Fsp3) is 0.348. The molecular weight excluding hydrogens is 479 g/mol. The third kappa shape index (κ3) is 5.43. The normalized spacial score (nSPS) is 18.6. The van der Waals surface area contributed by atoms with Crippen LogP contribution in [0.5, 0.6) is 0 Å². The Hall–Kier alpha value is -3.51. The maximum absolute atomic E-state index is 15.0. The standard InChI is InChI=1S/C23H25FN4O6S/c1-15(29)25-14-18-13-21(26-34-18)16-5-6-22(20(24)12-16)27-7-9-28(10-8-27)35(32,33)19-4-2-3-17(11-19)23(30)31/h2-6,11-12,18H,7-10,13-14H2,1H3,(H,25,29)(H,30,31). The van der Waals surface area contributed by atoms with Gasteiger partial charge in [0.05, 0.1) is 28.4 Å². The van der Waals surface area contributed by atoms with Crippen molar-refractivity contribution in [2.24, 2.45) is 5.16 Å². The van der Waals surface area contributed by atoms with Crippen molar-refractivity contribution in [2.45, 2.75) is 24.3 Å². The van der Waals surface area contributed by atoms with E-state index in [0.717, 1.165) is 6.07 Å². The number of aromatic carboxylic acids is 1. The van der Waals surface area contributed by atoms with Gasteiger partial charge in [0, 0.05) is 45.1 Å². The lowest BCUT2D eigenvalue weighted by Gasteiger charge is -2.35. The summed E-state index contributed by atoms with van der Waals surface area (Å²) < 4.78 is 42.2. The van der Waals surface area contributed by atoms with Crippen LogP contribution in [0.1, 0.15) is 29.3 Å². The first-order valence-corrected chi connectivity index (χ1v) is 12.4. The molecule has 0 saturated carbocycles. The number of carbonyl (C=O) groups excluding carboxylic acids is 1. The molecule has 12 heteroatoms. The van der Waals surface area contributed by atoms with Gasteiger partial charge in [0.2, 0.25) is 15.9 Å². The Morgan fingerprint density at radius 3 is 2.57 bits per heavy atom. The molecule has 35 heavy (non-hydrogen) atoms. The highest BCUT2D eigenvalue weighted by Gasteiger charge is 2.30. The molecule has 10 nitrogen and oxygen atoms in total. The zero-order valence-corrected chi connectivity index (χ0v) is 19.8. The van der Waals surface area contributed by atoms with Crippen molar-refractivity contribution in [2.75, 3.05) is 37.6 Å². The number of rotatable bonds is 7. The first kappa shape index (κ1) is 24.6. The average Bonchev–Trinajstić information content (AvgIpc) is 3.32. The van der Waals surface area contributed by atoms with Crippen molar-refractivity contribution in [3.05, 3.63) is 59.4 Å². The van der Waals surface area contributed by atoms with E-state index in [0.29, 0.717) is 29.9 Å². The molecular formula is C23H25FN4O6S. The van der Waals surface area contributed by atoms with Gasteiger partial charge in [-0.1, -0.05) is 17.3 Å². The van der Waals surface area contributed by atoms with E-state index in [-0.39, 0.29) is 48.6 Å². The van der Waals surface area contributed by atoms with E-state index in [1.165, 1.54) is 35.5 Å². The number of hydrogen-bond acceptors (Lipinski definition) is 7. The third-order valence-corrected chi connectivity index (χ3v) is 7.79. The number of piperazine rings is 1. The molecule has 0 aromatic heterocycles. The highest BCUT2D eigenvalue weighted by Crippen LogP contribution is 2.26. The number of halogens is 1. The van der Waals surface area contributed by atoms with Gasteiger partial charge in [-0.2, -0.15) is 4.31 Å². The molecule has 2 heterocycles. The van der Waals surface area contributed by atoms with E-state index >= 15 is 0 Å². The van der Waals surface area contributed by atoms with Crippen molar-refractivity contribution >= 4 is 33.3 Å². The van der Waals surface area contributed by atoms with Crippen molar-refractivity contribution < 1.29 is 32.3 Å². The molecule has 2 N–H and O–H groups in total. The zero-order chi connectivity index (χ0) is 25.2. The first-order valence-electron chi connectivity index (χ1n) is 11.0. The number of nitrogens with zero attached hydrogens (tertiary/aromatic N) is 3. The van der Waals surface area contributed by atoms with E-state index in [1.54, 1.807) is 17.0 Å². The molecule has 2 aromatic carbocycles. The molecule has 1 unspecified atom stereocenters. The smallest absolute Gasteiger partial charge is 0.335 e. The topological polar surface area (TPSA) is 129 Å². The van der Waals surface area contributed by atoms with E-state index < -0.39 is 21.8 Å². The zero-order valence-electron chi connectivity index (χ0n) is 19.0. The van der Waals surface area contributed by atoms with Gasteiger partial charge in [-0.15, -0.1) is 0 Å². The van der Waals surface area contributed by atoms with Gasteiger partial charge in [-0.05, 0) is 30.3 Å². The largest absolute Gasteiger partial charge is 0.478 e. The number of oxime groups is 1. The van der Waals surface area contributed by atoms with Crippen molar-refractivity contribution in [1.29, 1.82) is 0 Å². The van der Waals surface area contributed by atoms with Crippen LogP contribution < -0.4 is 10.2 Å². The summed E-state index contributed by atoms with van der Waals surface area (Å²) in [6.07, 6.45) is 0.140. The lowest BCUT2D eigenvalue weighted by molar-refractivity contribution is -0.119. The molecule has 0 aliphatic carbocycles. The summed E-state index contributed by atoms with van der Waals surface area (Å²) in [5, 5.41) is 15.8. The molecule has 0 bridgehead atoms. The predicted octanol–water partition coefficient (Wildman–Crippen LogP) is 1.66. The molecule has 2 aliphatic heterocycles. The van der Waals surface area contributed by atoms with Gasteiger partial charge < -0.3 is 20.2 Å². The lowest BCUT2D eigenvalue weighted by atomic mass is 10.0. The lowest BCUT2D eigenvalue weighted by Crippen LogP contribution is -2.48. The third-order valence-electron chi connectivity index (χ3n) is 5.89. The fourth-order valence-corrected chi connectivity index (χ4v) is 5.49.